The van der Waals surface area contributed by atoms with Crippen LogP contribution in [-0.2, 0) is 9.59 Å². The topological polar surface area (TPSA) is 75.4 Å². The molecule has 1 fully saturated rings. The fourth-order valence-corrected chi connectivity index (χ4v) is 1.33. The van der Waals surface area contributed by atoms with Crippen LogP contribution in [0.3, 0.4) is 0 Å². The summed E-state index contributed by atoms with van der Waals surface area (Å²) in [7, 11) is 0. The maximum atomic E-state index is 11.7. The number of nitrogens with two attached hydrogens (primary N) is 1. The molecule has 1 saturated carbocycles. The van der Waals surface area contributed by atoms with Crippen LogP contribution in [0.1, 0.15) is 12.8 Å². The number of nitrogens with one attached hydrogen (secondary N) is 1. The third-order valence-corrected chi connectivity index (χ3v) is 2.26. The largest absolute Gasteiger partial charge is 0.346 e. The van der Waals surface area contributed by atoms with Crippen LogP contribution in [0.4, 0.5) is 0 Å². The summed E-state index contributed by atoms with van der Waals surface area (Å²) in [6.45, 7) is 4.09. The summed E-state index contributed by atoms with van der Waals surface area (Å²) in [5.41, 5.74) is 5.11. The van der Waals surface area contributed by atoms with Crippen LogP contribution in [0.5, 0.6) is 0 Å². The van der Waals surface area contributed by atoms with E-state index in [0.717, 1.165) is 12.8 Å². The van der Waals surface area contributed by atoms with E-state index in [0.29, 0.717) is 12.6 Å². The summed E-state index contributed by atoms with van der Waals surface area (Å²) in [6, 6.07) is 0.338. The molecule has 1 aliphatic rings. The van der Waals surface area contributed by atoms with Gasteiger partial charge in [0.05, 0.1) is 13.1 Å². The van der Waals surface area contributed by atoms with E-state index >= 15 is 0 Å². The Morgan fingerprint density at radius 2 is 2.20 bits per heavy atom. The lowest BCUT2D eigenvalue weighted by atomic mass is 10.4. The van der Waals surface area contributed by atoms with Crippen molar-refractivity contribution in [2.45, 2.75) is 18.9 Å². The van der Waals surface area contributed by atoms with Crippen molar-refractivity contribution in [2.24, 2.45) is 5.73 Å². The highest BCUT2D eigenvalue weighted by Crippen LogP contribution is 2.26. The Balaban J connectivity index is 2.35. The predicted octanol–water partition coefficient (Wildman–Crippen LogP) is -0.762. The maximum Gasteiger partial charge on any atom is 0.242 e. The first kappa shape index (κ1) is 11.7. The highest BCUT2D eigenvalue weighted by molar-refractivity contribution is 5.85. The van der Waals surface area contributed by atoms with E-state index in [4.69, 9.17) is 5.73 Å². The van der Waals surface area contributed by atoms with E-state index < -0.39 is 0 Å². The molecule has 5 nitrogen and oxygen atoms in total. The molecule has 3 N–H and O–H groups in total. The van der Waals surface area contributed by atoms with Gasteiger partial charge >= 0.3 is 0 Å². The van der Waals surface area contributed by atoms with Gasteiger partial charge in [0.1, 0.15) is 0 Å². The molecule has 0 atom stereocenters. The number of rotatable bonds is 6. The second-order valence-electron chi connectivity index (χ2n) is 3.55. The van der Waals surface area contributed by atoms with Crippen LogP contribution in [0.25, 0.3) is 0 Å². The zero-order valence-corrected chi connectivity index (χ0v) is 8.74. The second-order valence-corrected chi connectivity index (χ2v) is 3.55. The fraction of sp³-hybridized carbons (Fsp3) is 0.600. The third kappa shape index (κ3) is 3.71. The lowest BCUT2D eigenvalue weighted by Gasteiger charge is -2.20. The average molecular weight is 211 g/mol. The monoisotopic (exact) mass is 211 g/mol. The highest BCUT2D eigenvalue weighted by atomic mass is 16.2. The SMILES string of the molecule is C=CCN(C(=O)CNC(=O)CN)C1CC1. The van der Waals surface area contributed by atoms with E-state index in [1.807, 2.05) is 0 Å². The second kappa shape index (κ2) is 5.50. The van der Waals surface area contributed by atoms with Gasteiger partial charge in [-0.3, -0.25) is 9.59 Å². The van der Waals surface area contributed by atoms with Crippen molar-refractivity contribution in [1.29, 1.82) is 0 Å². The van der Waals surface area contributed by atoms with Crippen LogP contribution >= 0.6 is 0 Å². The van der Waals surface area contributed by atoms with Gasteiger partial charge in [-0.25, -0.2) is 0 Å². The van der Waals surface area contributed by atoms with Crippen molar-refractivity contribution in [1.82, 2.24) is 10.2 Å². The molecule has 0 bridgehead atoms. The lowest BCUT2D eigenvalue weighted by molar-refractivity contribution is -0.132. The molecule has 0 aromatic heterocycles. The van der Waals surface area contributed by atoms with Gasteiger partial charge in [-0.1, -0.05) is 6.08 Å². The molecule has 0 heterocycles. The molecule has 1 rings (SSSR count). The first-order valence-corrected chi connectivity index (χ1v) is 5.06. The van der Waals surface area contributed by atoms with Gasteiger partial charge in [-0.2, -0.15) is 0 Å². The molecule has 0 spiro atoms. The van der Waals surface area contributed by atoms with Crippen molar-refractivity contribution in [3.05, 3.63) is 12.7 Å². The number of hydrogen-bond donors (Lipinski definition) is 2. The van der Waals surface area contributed by atoms with Gasteiger partial charge in [0, 0.05) is 12.6 Å². The molecule has 2 amide bonds. The smallest absolute Gasteiger partial charge is 0.242 e. The van der Waals surface area contributed by atoms with Crippen molar-refractivity contribution in [2.75, 3.05) is 19.6 Å². The minimum Gasteiger partial charge on any atom is -0.346 e. The summed E-state index contributed by atoms with van der Waals surface area (Å²) in [6.07, 6.45) is 3.79. The zero-order valence-electron chi connectivity index (χ0n) is 8.74. The number of carbonyl (C=O) groups excluding carboxylic acids is 2. The molecule has 0 saturated heterocycles. The Morgan fingerprint density at radius 3 is 2.67 bits per heavy atom. The minimum atomic E-state index is -0.308. The van der Waals surface area contributed by atoms with Crippen molar-refractivity contribution in [3.8, 4) is 0 Å². The first-order valence-electron chi connectivity index (χ1n) is 5.06. The zero-order chi connectivity index (χ0) is 11.3. The standard InChI is InChI=1S/C10H17N3O2/c1-2-5-13(8-3-4-8)10(15)7-12-9(14)6-11/h2,8H,1,3-7,11H2,(H,12,14). The van der Waals surface area contributed by atoms with E-state index in [9.17, 15) is 9.59 Å². The van der Waals surface area contributed by atoms with Gasteiger partial charge in [-0.15, -0.1) is 6.58 Å². The van der Waals surface area contributed by atoms with Crippen LogP contribution in [0.15, 0.2) is 12.7 Å². The Bertz CT molecular complexity index is 261. The third-order valence-electron chi connectivity index (χ3n) is 2.26. The van der Waals surface area contributed by atoms with E-state index in [2.05, 4.69) is 11.9 Å². The van der Waals surface area contributed by atoms with Gasteiger partial charge in [-0.05, 0) is 12.8 Å². The fourth-order valence-electron chi connectivity index (χ4n) is 1.33. The molecule has 0 radical (unpaired) electrons. The summed E-state index contributed by atoms with van der Waals surface area (Å²) in [5, 5.41) is 2.46. The number of carbonyl (C=O) groups is 2. The summed E-state index contributed by atoms with van der Waals surface area (Å²) < 4.78 is 0. The molecule has 0 aromatic rings. The Labute approximate surface area is 89.3 Å². The maximum absolute atomic E-state index is 11.7. The molecule has 15 heavy (non-hydrogen) atoms. The van der Waals surface area contributed by atoms with Crippen molar-refractivity contribution < 1.29 is 9.59 Å². The van der Waals surface area contributed by atoms with Gasteiger partial charge in [0.25, 0.3) is 0 Å². The van der Waals surface area contributed by atoms with Crippen molar-refractivity contribution in [3.63, 3.8) is 0 Å². The molecule has 0 unspecified atom stereocenters. The van der Waals surface area contributed by atoms with E-state index in [-0.39, 0.29) is 24.9 Å². The molecule has 84 valence electrons. The van der Waals surface area contributed by atoms with Crippen LogP contribution in [0.2, 0.25) is 0 Å². The van der Waals surface area contributed by atoms with Crippen LogP contribution in [0, 0.1) is 0 Å². The Kier molecular flexibility index (Phi) is 4.30. The molecular weight excluding hydrogens is 194 g/mol. The summed E-state index contributed by atoms with van der Waals surface area (Å²) >= 11 is 0. The molecule has 0 aromatic carbocycles. The van der Waals surface area contributed by atoms with E-state index in [1.54, 1.807) is 11.0 Å². The van der Waals surface area contributed by atoms with Crippen LogP contribution < -0.4 is 11.1 Å². The Hall–Kier alpha value is -1.36. The van der Waals surface area contributed by atoms with E-state index in [1.165, 1.54) is 0 Å². The van der Waals surface area contributed by atoms with Crippen LogP contribution in [-0.4, -0.2) is 42.4 Å². The van der Waals surface area contributed by atoms with Gasteiger partial charge < -0.3 is 16.0 Å². The number of amides is 2. The predicted molar refractivity (Wildman–Crippen MR) is 57.0 cm³/mol. The molecule has 1 aliphatic carbocycles. The quantitative estimate of drug-likeness (QED) is 0.567. The highest BCUT2D eigenvalue weighted by Gasteiger charge is 2.31. The van der Waals surface area contributed by atoms with Crippen molar-refractivity contribution >= 4 is 11.8 Å². The molecule has 5 heteroatoms. The average Bonchev–Trinajstić information content (AvgIpc) is 3.05. The minimum absolute atomic E-state index is 0.0281. The summed E-state index contributed by atoms with van der Waals surface area (Å²) in [4.78, 5) is 24.3. The molecule has 0 aliphatic heterocycles. The summed E-state index contributed by atoms with van der Waals surface area (Å²) in [5.74, 6) is -0.378. The normalized spacial score (nSPS) is 14.5. The lowest BCUT2D eigenvalue weighted by Crippen LogP contribution is -2.42. The number of nitrogens with zero attached hydrogens (tertiary/aromatic N) is 1. The van der Waals surface area contributed by atoms with Gasteiger partial charge in [0.15, 0.2) is 0 Å². The Morgan fingerprint density at radius 1 is 1.53 bits per heavy atom. The number of hydrogen-bond acceptors (Lipinski definition) is 3. The first-order chi connectivity index (χ1) is 7.19. The van der Waals surface area contributed by atoms with Gasteiger partial charge in [0.2, 0.25) is 11.8 Å². The molecular formula is C10H17N3O2.